The van der Waals surface area contributed by atoms with Crippen molar-refractivity contribution in [3.05, 3.63) is 23.8 Å². The summed E-state index contributed by atoms with van der Waals surface area (Å²) in [5.41, 5.74) is 0.879. The molecule has 2 aliphatic rings. The van der Waals surface area contributed by atoms with Gasteiger partial charge in [-0.05, 0) is 31.6 Å². The molecule has 0 spiro atoms. The fourth-order valence-corrected chi connectivity index (χ4v) is 2.27. The zero-order chi connectivity index (χ0) is 12.5. The first-order valence-electron chi connectivity index (χ1n) is 6.50. The Bertz CT molecular complexity index is 455. The van der Waals surface area contributed by atoms with E-state index in [1.54, 1.807) is 0 Å². The van der Waals surface area contributed by atoms with Crippen LogP contribution in [0.2, 0.25) is 0 Å². The molecule has 1 aromatic heterocycles. The van der Waals surface area contributed by atoms with E-state index in [4.69, 9.17) is 5.11 Å². The highest BCUT2D eigenvalue weighted by atomic mass is 16.4. The van der Waals surface area contributed by atoms with Gasteiger partial charge in [0.2, 0.25) is 0 Å². The summed E-state index contributed by atoms with van der Waals surface area (Å²) in [7, 11) is 0. The summed E-state index contributed by atoms with van der Waals surface area (Å²) in [6.45, 7) is 1.74. The summed E-state index contributed by atoms with van der Waals surface area (Å²) in [6.07, 6.45) is 7.94. The van der Waals surface area contributed by atoms with Crippen molar-refractivity contribution in [1.82, 2.24) is 14.9 Å². The second-order valence-electron chi connectivity index (χ2n) is 5.29. The molecule has 0 bridgehead atoms. The summed E-state index contributed by atoms with van der Waals surface area (Å²) in [5, 5.41) is 9.13. The molecule has 0 aromatic carbocycles. The second-order valence-corrected chi connectivity index (χ2v) is 5.29. The van der Waals surface area contributed by atoms with Gasteiger partial charge in [0.25, 0.3) is 0 Å². The van der Waals surface area contributed by atoms with E-state index in [0.29, 0.717) is 18.3 Å². The van der Waals surface area contributed by atoms with Crippen LogP contribution in [0, 0.1) is 5.92 Å². The number of hydrogen-bond donors (Lipinski definition) is 1. The number of aromatic nitrogens is 2. The van der Waals surface area contributed by atoms with Gasteiger partial charge in [-0.25, -0.2) is 14.8 Å². The van der Waals surface area contributed by atoms with Crippen LogP contribution in [0.25, 0.3) is 0 Å². The average molecular weight is 247 g/mol. The van der Waals surface area contributed by atoms with Crippen LogP contribution in [-0.2, 0) is 6.54 Å². The minimum absolute atomic E-state index is 0.235. The van der Waals surface area contributed by atoms with Gasteiger partial charge in [-0.2, -0.15) is 0 Å². The van der Waals surface area contributed by atoms with E-state index in [0.717, 1.165) is 12.5 Å². The topological polar surface area (TPSA) is 66.3 Å². The van der Waals surface area contributed by atoms with Gasteiger partial charge in [0.1, 0.15) is 11.9 Å². The Morgan fingerprint density at radius 1 is 1.39 bits per heavy atom. The Balaban J connectivity index is 1.74. The molecule has 0 saturated heterocycles. The molecule has 1 N–H and O–H groups in total. The lowest BCUT2D eigenvalue weighted by Gasteiger charge is -2.21. The molecule has 0 atom stereocenters. The van der Waals surface area contributed by atoms with Crippen LogP contribution in [0.5, 0.6) is 0 Å². The van der Waals surface area contributed by atoms with E-state index in [-0.39, 0.29) is 5.56 Å². The Morgan fingerprint density at radius 2 is 2.17 bits per heavy atom. The van der Waals surface area contributed by atoms with Crippen LogP contribution in [0.1, 0.15) is 41.7 Å². The lowest BCUT2D eigenvalue weighted by molar-refractivity contribution is 0.0693. The van der Waals surface area contributed by atoms with E-state index in [1.165, 1.54) is 38.2 Å². The molecule has 2 saturated carbocycles. The molecule has 5 nitrogen and oxygen atoms in total. The van der Waals surface area contributed by atoms with Crippen molar-refractivity contribution < 1.29 is 9.90 Å². The molecular formula is C13H17N3O2. The van der Waals surface area contributed by atoms with E-state index < -0.39 is 5.97 Å². The number of rotatable bonds is 6. The Labute approximate surface area is 106 Å². The lowest BCUT2D eigenvalue weighted by atomic mass is 10.2. The van der Waals surface area contributed by atoms with Crippen molar-refractivity contribution >= 4 is 5.97 Å². The highest BCUT2D eigenvalue weighted by Crippen LogP contribution is 2.35. The number of carboxylic acids is 1. The van der Waals surface area contributed by atoms with Crippen LogP contribution < -0.4 is 0 Å². The van der Waals surface area contributed by atoms with Crippen LogP contribution in [0.4, 0.5) is 0 Å². The molecule has 2 fully saturated rings. The van der Waals surface area contributed by atoms with Gasteiger partial charge in [0.15, 0.2) is 0 Å². The smallest absolute Gasteiger partial charge is 0.339 e. The predicted molar refractivity (Wildman–Crippen MR) is 65.1 cm³/mol. The number of carbonyl (C=O) groups is 1. The quantitative estimate of drug-likeness (QED) is 0.826. The normalized spacial score (nSPS) is 19.2. The van der Waals surface area contributed by atoms with Gasteiger partial charge in [0, 0.05) is 25.3 Å². The van der Waals surface area contributed by atoms with Gasteiger partial charge in [-0.1, -0.05) is 0 Å². The molecule has 5 heteroatoms. The second kappa shape index (κ2) is 4.65. The third kappa shape index (κ3) is 2.67. The summed E-state index contributed by atoms with van der Waals surface area (Å²) in [4.78, 5) is 21.5. The van der Waals surface area contributed by atoms with Gasteiger partial charge < -0.3 is 5.11 Å². The molecule has 0 aliphatic heterocycles. The predicted octanol–water partition coefficient (Wildman–Crippen LogP) is 1.55. The molecule has 0 unspecified atom stereocenters. The Hall–Kier alpha value is -1.49. The van der Waals surface area contributed by atoms with E-state index in [2.05, 4.69) is 14.9 Å². The lowest BCUT2D eigenvalue weighted by Crippen LogP contribution is -2.29. The molecule has 0 amide bonds. The zero-order valence-electron chi connectivity index (χ0n) is 10.2. The first-order valence-corrected chi connectivity index (χ1v) is 6.50. The summed E-state index contributed by atoms with van der Waals surface area (Å²) in [6, 6.07) is 0.641. The number of nitrogens with zero attached hydrogens (tertiary/aromatic N) is 3. The largest absolute Gasteiger partial charge is 0.478 e. The summed E-state index contributed by atoms with van der Waals surface area (Å²) in [5.74, 6) is -0.117. The van der Waals surface area contributed by atoms with Gasteiger partial charge in [0.05, 0.1) is 5.69 Å². The monoisotopic (exact) mass is 247 g/mol. The van der Waals surface area contributed by atoms with Crippen molar-refractivity contribution in [1.29, 1.82) is 0 Å². The van der Waals surface area contributed by atoms with Gasteiger partial charge in [-0.15, -0.1) is 0 Å². The minimum atomic E-state index is -0.937. The molecule has 18 heavy (non-hydrogen) atoms. The van der Waals surface area contributed by atoms with Crippen molar-refractivity contribution in [2.45, 2.75) is 38.3 Å². The third-order valence-electron chi connectivity index (χ3n) is 3.63. The summed E-state index contributed by atoms with van der Waals surface area (Å²) < 4.78 is 0. The van der Waals surface area contributed by atoms with Crippen LogP contribution in [-0.4, -0.2) is 38.5 Å². The average Bonchev–Trinajstić information content (AvgIpc) is 3.22. The molecule has 2 aliphatic carbocycles. The molecule has 1 heterocycles. The molecule has 0 radical (unpaired) electrons. The maximum Gasteiger partial charge on any atom is 0.339 e. The number of aromatic carboxylic acids is 1. The molecule has 1 aromatic rings. The van der Waals surface area contributed by atoms with Gasteiger partial charge >= 0.3 is 5.97 Å². The van der Waals surface area contributed by atoms with Gasteiger partial charge in [-0.3, -0.25) is 4.90 Å². The van der Waals surface area contributed by atoms with Crippen molar-refractivity contribution in [2.75, 3.05) is 6.54 Å². The fraction of sp³-hybridized carbons (Fsp3) is 0.615. The van der Waals surface area contributed by atoms with Crippen LogP contribution in [0.3, 0.4) is 0 Å². The zero-order valence-corrected chi connectivity index (χ0v) is 10.2. The SMILES string of the molecule is O=C(O)c1cncnc1CN(CC1CC1)C1CC1. The van der Waals surface area contributed by atoms with E-state index in [9.17, 15) is 4.79 Å². The first-order chi connectivity index (χ1) is 8.74. The maximum atomic E-state index is 11.1. The van der Waals surface area contributed by atoms with Crippen molar-refractivity contribution in [3.8, 4) is 0 Å². The van der Waals surface area contributed by atoms with E-state index in [1.807, 2.05) is 0 Å². The highest BCUT2D eigenvalue weighted by Gasteiger charge is 2.34. The van der Waals surface area contributed by atoms with E-state index >= 15 is 0 Å². The Morgan fingerprint density at radius 3 is 2.78 bits per heavy atom. The fourth-order valence-electron chi connectivity index (χ4n) is 2.27. The molecular weight excluding hydrogens is 230 g/mol. The maximum absolute atomic E-state index is 11.1. The number of hydrogen-bond acceptors (Lipinski definition) is 4. The number of carboxylic acid groups (broad SMARTS) is 1. The van der Waals surface area contributed by atoms with Crippen LogP contribution >= 0.6 is 0 Å². The highest BCUT2D eigenvalue weighted by molar-refractivity contribution is 5.88. The van der Waals surface area contributed by atoms with Crippen molar-refractivity contribution in [2.24, 2.45) is 5.92 Å². The first kappa shape index (κ1) is 11.6. The third-order valence-corrected chi connectivity index (χ3v) is 3.63. The molecule has 3 rings (SSSR count). The minimum Gasteiger partial charge on any atom is -0.478 e. The molecule has 96 valence electrons. The summed E-state index contributed by atoms with van der Waals surface area (Å²) >= 11 is 0. The standard InChI is InChI=1S/C13H17N3O2/c17-13(18)11-5-14-8-15-12(11)7-16(10-3-4-10)6-9-1-2-9/h5,8-10H,1-4,6-7H2,(H,17,18). The van der Waals surface area contributed by atoms with Crippen LogP contribution in [0.15, 0.2) is 12.5 Å². The Kier molecular flexibility index (Phi) is 2.99. The van der Waals surface area contributed by atoms with Crippen molar-refractivity contribution in [3.63, 3.8) is 0 Å².